The molecule has 1 aromatic heterocycles. The zero-order valence-electron chi connectivity index (χ0n) is 17.2. The SMILES string of the molecule is CC(=O)N1CCCCC1c1ncc2c(n1)CCN(C(=O)Cc1ccc(C)cc1)C2. The fourth-order valence-electron chi connectivity index (χ4n) is 4.27. The molecule has 1 aromatic carbocycles. The summed E-state index contributed by atoms with van der Waals surface area (Å²) < 4.78 is 0. The Morgan fingerprint density at radius 2 is 1.93 bits per heavy atom. The number of amides is 2. The minimum absolute atomic E-state index is 0.0206. The predicted octanol–water partition coefficient (Wildman–Crippen LogP) is 2.99. The third-order valence-corrected chi connectivity index (χ3v) is 5.99. The fraction of sp³-hybridized carbons (Fsp3) is 0.478. The van der Waals surface area contributed by atoms with E-state index in [4.69, 9.17) is 4.98 Å². The van der Waals surface area contributed by atoms with E-state index in [9.17, 15) is 9.59 Å². The van der Waals surface area contributed by atoms with Crippen molar-refractivity contribution in [2.75, 3.05) is 13.1 Å². The van der Waals surface area contributed by atoms with Gasteiger partial charge in [-0.1, -0.05) is 29.8 Å². The van der Waals surface area contributed by atoms with Crippen LogP contribution in [0, 0.1) is 6.92 Å². The molecule has 3 heterocycles. The lowest BCUT2D eigenvalue weighted by Gasteiger charge is -2.35. The third-order valence-electron chi connectivity index (χ3n) is 5.99. The Morgan fingerprint density at radius 3 is 2.69 bits per heavy atom. The average molecular weight is 393 g/mol. The van der Waals surface area contributed by atoms with Gasteiger partial charge in [0.2, 0.25) is 11.8 Å². The van der Waals surface area contributed by atoms with E-state index in [0.717, 1.165) is 54.9 Å². The van der Waals surface area contributed by atoms with Crippen LogP contribution in [0.15, 0.2) is 30.5 Å². The topological polar surface area (TPSA) is 66.4 Å². The Labute approximate surface area is 172 Å². The van der Waals surface area contributed by atoms with Crippen LogP contribution in [-0.4, -0.2) is 44.7 Å². The molecule has 0 bridgehead atoms. The molecule has 29 heavy (non-hydrogen) atoms. The lowest BCUT2D eigenvalue weighted by molar-refractivity contribution is -0.133. The van der Waals surface area contributed by atoms with Crippen LogP contribution < -0.4 is 0 Å². The van der Waals surface area contributed by atoms with Gasteiger partial charge >= 0.3 is 0 Å². The highest BCUT2D eigenvalue weighted by atomic mass is 16.2. The van der Waals surface area contributed by atoms with E-state index in [1.807, 2.05) is 47.2 Å². The standard InChI is InChI=1S/C23H28N4O2/c1-16-6-8-18(9-7-16)13-22(29)26-12-10-20-19(15-26)14-24-23(25-20)21-5-3-4-11-27(21)17(2)28/h6-9,14,21H,3-5,10-13,15H2,1-2H3. The van der Waals surface area contributed by atoms with Gasteiger partial charge in [0.25, 0.3) is 0 Å². The third kappa shape index (κ3) is 4.31. The number of hydrogen-bond acceptors (Lipinski definition) is 4. The molecule has 0 aliphatic carbocycles. The van der Waals surface area contributed by atoms with Gasteiger partial charge in [0.05, 0.1) is 18.2 Å². The molecular formula is C23H28N4O2. The normalized spacial score (nSPS) is 19.0. The summed E-state index contributed by atoms with van der Waals surface area (Å²) in [4.78, 5) is 37.9. The molecule has 2 aromatic rings. The van der Waals surface area contributed by atoms with E-state index in [2.05, 4.69) is 4.98 Å². The van der Waals surface area contributed by atoms with Crippen molar-refractivity contribution in [3.63, 3.8) is 0 Å². The van der Waals surface area contributed by atoms with Gasteiger partial charge in [-0.3, -0.25) is 9.59 Å². The molecule has 2 aliphatic heterocycles. The Bertz CT molecular complexity index is 910. The summed E-state index contributed by atoms with van der Waals surface area (Å²) in [5.74, 6) is 0.973. The average Bonchev–Trinajstić information content (AvgIpc) is 2.74. The molecule has 6 heteroatoms. The van der Waals surface area contributed by atoms with Crippen molar-refractivity contribution in [2.45, 2.75) is 58.5 Å². The van der Waals surface area contributed by atoms with Gasteiger partial charge in [0.1, 0.15) is 0 Å². The number of nitrogens with zero attached hydrogens (tertiary/aromatic N) is 4. The molecule has 0 spiro atoms. The number of benzene rings is 1. The molecule has 4 rings (SSSR count). The minimum atomic E-state index is -0.0206. The van der Waals surface area contributed by atoms with Crippen molar-refractivity contribution in [1.82, 2.24) is 19.8 Å². The molecule has 2 aliphatic rings. The molecule has 1 unspecified atom stereocenters. The number of aromatic nitrogens is 2. The number of piperidine rings is 1. The largest absolute Gasteiger partial charge is 0.338 e. The second-order valence-electron chi connectivity index (χ2n) is 8.15. The second kappa shape index (κ2) is 8.31. The van der Waals surface area contributed by atoms with Crippen LogP contribution in [0.1, 0.15) is 60.4 Å². The van der Waals surface area contributed by atoms with E-state index in [-0.39, 0.29) is 17.9 Å². The smallest absolute Gasteiger partial charge is 0.227 e. The quantitative estimate of drug-likeness (QED) is 0.805. The molecule has 0 saturated carbocycles. The molecule has 152 valence electrons. The highest BCUT2D eigenvalue weighted by molar-refractivity contribution is 5.79. The number of hydrogen-bond donors (Lipinski definition) is 0. The van der Waals surface area contributed by atoms with Gasteiger partial charge in [0, 0.05) is 44.7 Å². The van der Waals surface area contributed by atoms with Crippen molar-refractivity contribution in [3.05, 3.63) is 58.7 Å². The van der Waals surface area contributed by atoms with Crippen LogP contribution in [0.4, 0.5) is 0 Å². The molecule has 2 amide bonds. The Morgan fingerprint density at radius 1 is 1.14 bits per heavy atom. The maximum Gasteiger partial charge on any atom is 0.227 e. The Kier molecular flexibility index (Phi) is 5.60. The highest BCUT2D eigenvalue weighted by Gasteiger charge is 2.29. The zero-order valence-corrected chi connectivity index (χ0v) is 17.2. The lowest BCUT2D eigenvalue weighted by atomic mass is 10.00. The van der Waals surface area contributed by atoms with E-state index in [1.54, 1.807) is 6.92 Å². The fourth-order valence-corrected chi connectivity index (χ4v) is 4.27. The number of fused-ring (bicyclic) bond motifs is 1. The maximum atomic E-state index is 12.7. The first kappa shape index (κ1) is 19.6. The number of likely N-dealkylation sites (tertiary alicyclic amines) is 1. The van der Waals surface area contributed by atoms with Crippen LogP contribution in [0.5, 0.6) is 0 Å². The van der Waals surface area contributed by atoms with Crippen LogP contribution >= 0.6 is 0 Å². The van der Waals surface area contributed by atoms with Crippen molar-refractivity contribution >= 4 is 11.8 Å². The van der Waals surface area contributed by atoms with Gasteiger partial charge in [-0.25, -0.2) is 9.97 Å². The summed E-state index contributed by atoms with van der Waals surface area (Å²) in [6.45, 7) is 5.68. The monoisotopic (exact) mass is 392 g/mol. The summed E-state index contributed by atoms with van der Waals surface area (Å²) in [7, 11) is 0. The van der Waals surface area contributed by atoms with Crippen molar-refractivity contribution in [2.24, 2.45) is 0 Å². The van der Waals surface area contributed by atoms with Gasteiger partial charge in [0.15, 0.2) is 5.82 Å². The number of aryl methyl sites for hydroxylation is 1. The van der Waals surface area contributed by atoms with Gasteiger partial charge in [-0.15, -0.1) is 0 Å². The molecule has 0 radical (unpaired) electrons. The molecule has 1 atom stereocenters. The molecular weight excluding hydrogens is 364 g/mol. The Balaban J connectivity index is 1.45. The summed E-state index contributed by atoms with van der Waals surface area (Å²) in [5, 5.41) is 0. The zero-order chi connectivity index (χ0) is 20.4. The second-order valence-corrected chi connectivity index (χ2v) is 8.15. The number of rotatable bonds is 3. The molecule has 6 nitrogen and oxygen atoms in total. The van der Waals surface area contributed by atoms with Crippen LogP contribution in [0.3, 0.4) is 0 Å². The molecule has 0 N–H and O–H groups in total. The van der Waals surface area contributed by atoms with E-state index < -0.39 is 0 Å². The van der Waals surface area contributed by atoms with Crippen molar-refractivity contribution in [3.8, 4) is 0 Å². The van der Waals surface area contributed by atoms with Gasteiger partial charge < -0.3 is 9.80 Å². The summed E-state index contributed by atoms with van der Waals surface area (Å²) in [5.41, 5.74) is 4.27. The predicted molar refractivity (Wildman–Crippen MR) is 110 cm³/mol. The molecule has 1 fully saturated rings. The summed E-state index contributed by atoms with van der Waals surface area (Å²) in [6, 6.07) is 8.10. The van der Waals surface area contributed by atoms with Crippen LogP contribution in [-0.2, 0) is 29.0 Å². The molecule has 1 saturated heterocycles. The van der Waals surface area contributed by atoms with Crippen molar-refractivity contribution in [1.29, 1.82) is 0 Å². The van der Waals surface area contributed by atoms with E-state index in [1.165, 1.54) is 5.56 Å². The Hall–Kier alpha value is -2.76. The highest BCUT2D eigenvalue weighted by Crippen LogP contribution is 2.30. The summed E-state index contributed by atoms with van der Waals surface area (Å²) >= 11 is 0. The van der Waals surface area contributed by atoms with Crippen molar-refractivity contribution < 1.29 is 9.59 Å². The first-order chi connectivity index (χ1) is 14.0. The van der Waals surface area contributed by atoms with Gasteiger partial charge in [-0.05, 0) is 31.7 Å². The van der Waals surface area contributed by atoms with Crippen LogP contribution in [0.2, 0.25) is 0 Å². The number of carbonyl (C=O) groups is 2. The lowest BCUT2D eigenvalue weighted by Crippen LogP contribution is -2.39. The van der Waals surface area contributed by atoms with Gasteiger partial charge in [-0.2, -0.15) is 0 Å². The number of carbonyl (C=O) groups excluding carboxylic acids is 2. The van der Waals surface area contributed by atoms with E-state index >= 15 is 0 Å². The van der Waals surface area contributed by atoms with Crippen LogP contribution in [0.25, 0.3) is 0 Å². The minimum Gasteiger partial charge on any atom is -0.338 e. The maximum absolute atomic E-state index is 12.7. The first-order valence-corrected chi connectivity index (χ1v) is 10.5. The first-order valence-electron chi connectivity index (χ1n) is 10.5. The van der Waals surface area contributed by atoms with E-state index in [0.29, 0.717) is 19.5 Å². The summed E-state index contributed by atoms with van der Waals surface area (Å²) in [6.07, 6.45) is 6.06.